The molecule has 1 aromatic rings. The van der Waals surface area contributed by atoms with Crippen molar-refractivity contribution in [2.45, 2.75) is 13.0 Å². The van der Waals surface area contributed by atoms with Gasteiger partial charge in [-0.15, -0.1) is 0 Å². The lowest BCUT2D eigenvalue weighted by Crippen LogP contribution is -2.41. The van der Waals surface area contributed by atoms with Gasteiger partial charge in [0, 0.05) is 19.2 Å². The van der Waals surface area contributed by atoms with E-state index in [1.54, 1.807) is 32.0 Å². The van der Waals surface area contributed by atoms with Crippen LogP contribution in [0.3, 0.4) is 0 Å². The van der Waals surface area contributed by atoms with Crippen LogP contribution in [0, 0.1) is 0 Å². The molecule has 16 heavy (non-hydrogen) atoms. The molecule has 1 atom stereocenters. The van der Waals surface area contributed by atoms with Crippen molar-refractivity contribution in [3.05, 3.63) is 16.6 Å². The highest BCUT2D eigenvalue weighted by Crippen LogP contribution is 2.40. The zero-order chi connectivity index (χ0) is 11.9. The van der Waals surface area contributed by atoms with Gasteiger partial charge in [0.2, 0.25) is 0 Å². The number of nitrogens with zero attached hydrogens (tertiary/aromatic N) is 1. The van der Waals surface area contributed by atoms with Crippen molar-refractivity contribution in [2.24, 2.45) is 0 Å². The molecule has 1 aliphatic heterocycles. The lowest BCUT2D eigenvalue weighted by Gasteiger charge is -2.30. The van der Waals surface area contributed by atoms with Crippen LogP contribution in [0.2, 0.25) is 0 Å². The van der Waals surface area contributed by atoms with Crippen LogP contribution in [0.15, 0.2) is 16.6 Å². The summed E-state index contributed by atoms with van der Waals surface area (Å²) in [6.07, 6.45) is -0.446. The number of carbonyl (C=O) groups is 1. The SMILES string of the molecule is COc1cc2c(cc1Br)OC(C)C(=O)N2C. The highest BCUT2D eigenvalue weighted by atomic mass is 79.9. The first kappa shape index (κ1) is 11.3. The summed E-state index contributed by atoms with van der Waals surface area (Å²) in [7, 11) is 3.31. The molecular formula is C11H12BrNO3. The molecule has 0 spiro atoms. The Morgan fingerprint density at radius 2 is 2.19 bits per heavy atom. The van der Waals surface area contributed by atoms with Crippen molar-refractivity contribution in [1.29, 1.82) is 0 Å². The van der Waals surface area contributed by atoms with E-state index in [1.165, 1.54) is 0 Å². The number of fused-ring (bicyclic) bond motifs is 1. The highest BCUT2D eigenvalue weighted by Gasteiger charge is 2.29. The van der Waals surface area contributed by atoms with Gasteiger partial charge in [-0.05, 0) is 22.9 Å². The zero-order valence-electron chi connectivity index (χ0n) is 9.28. The van der Waals surface area contributed by atoms with E-state index in [0.717, 1.165) is 10.2 Å². The van der Waals surface area contributed by atoms with E-state index in [1.807, 2.05) is 6.07 Å². The minimum atomic E-state index is -0.446. The number of rotatable bonds is 1. The summed E-state index contributed by atoms with van der Waals surface area (Å²) in [6.45, 7) is 1.74. The normalized spacial score (nSPS) is 19.1. The molecule has 0 radical (unpaired) electrons. The van der Waals surface area contributed by atoms with Gasteiger partial charge in [0.25, 0.3) is 5.91 Å². The van der Waals surface area contributed by atoms with Crippen LogP contribution in [0.4, 0.5) is 5.69 Å². The van der Waals surface area contributed by atoms with E-state index >= 15 is 0 Å². The number of likely N-dealkylation sites (N-methyl/N-ethyl adjacent to an activating group) is 1. The van der Waals surface area contributed by atoms with Gasteiger partial charge in [-0.1, -0.05) is 0 Å². The maximum atomic E-state index is 11.7. The third-order valence-electron chi connectivity index (χ3n) is 2.58. The molecule has 1 aromatic carbocycles. The van der Waals surface area contributed by atoms with Crippen molar-refractivity contribution in [3.63, 3.8) is 0 Å². The largest absolute Gasteiger partial charge is 0.495 e. The average Bonchev–Trinajstić information content (AvgIpc) is 2.26. The topological polar surface area (TPSA) is 38.8 Å². The monoisotopic (exact) mass is 285 g/mol. The Kier molecular flexibility index (Phi) is 2.80. The van der Waals surface area contributed by atoms with Crippen molar-refractivity contribution < 1.29 is 14.3 Å². The lowest BCUT2D eigenvalue weighted by molar-refractivity contribution is -0.125. The third kappa shape index (κ3) is 1.65. The van der Waals surface area contributed by atoms with E-state index in [2.05, 4.69) is 15.9 Å². The Morgan fingerprint density at radius 3 is 2.81 bits per heavy atom. The van der Waals surface area contributed by atoms with Gasteiger partial charge >= 0.3 is 0 Å². The van der Waals surface area contributed by atoms with Crippen molar-refractivity contribution in [3.8, 4) is 11.5 Å². The number of hydrogen-bond donors (Lipinski definition) is 0. The van der Waals surface area contributed by atoms with E-state index in [-0.39, 0.29) is 5.91 Å². The van der Waals surface area contributed by atoms with Crippen LogP contribution in [-0.2, 0) is 4.79 Å². The summed E-state index contributed by atoms with van der Waals surface area (Å²) >= 11 is 3.38. The molecule has 0 aliphatic carbocycles. The number of anilines is 1. The summed E-state index contributed by atoms with van der Waals surface area (Å²) in [5, 5.41) is 0. The second-order valence-corrected chi connectivity index (χ2v) is 4.47. The predicted octanol–water partition coefficient (Wildman–Crippen LogP) is 2.20. The van der Waals surface area contributed by atoms with E-state index < -0.39 is 6.10 Å². The molecular weight excluding hydrogens is 274 g/mol. The number of benzene rings is 1. The van der Waals surface area contributed by atoms with Crippen LogP contribution in [-0.4, -0.2) is 26.2 Å². The minimum Gasteiger partial charge on any atom is -0.495 e. The number of amides is 1. The van der Waals surface area contributed by atoms with Gasteiger partial charge in [0.15, 0.2) is 6.10 Å². The third-order valence-corrected chi connectivity index (χ3v) is 3.20. The first-order valence-corrected chi connectivity index (χ1v) is 5.65. The fourth-order valence-electron chi connectivity index (χ4n) is 1.67. The lowest BCUT2D eigenvalue weighted by atomic mass is 10.2. The molecule has 0 aromatic heterocycles. The molecule has 1 heterocycles. The maximum Gasteiger partial charge on any atom is 0.267 e. The summed E-state index contributed by atoms with van der Waals surface area (Å²) < 4.78 is 11.5. The van der Waals surface area contributed by atoms with Crippen LogP contribution in [0.5, 0.6) is 11.5 Å². The van der Waals surface area contributed by atoms with Gasteiger partial charge < -0.3 is 14.4 Å². The second-order valence-electron chi connectivity index (χ2n) is 3.61. The number of methoxy groups -OCH3 is 1. The van der Waals surface area contributed by atoms with Gasteiger partial charge in [0.1, 0.15) is 11.5 Å². The zero-order valence-corrected chi connectivity index (χ0v) is 10.9. The van der Waals surface area contributed by atoms with E-state index in [0.29, 0.717) is 11.5 Å². The summed E-state index contributed by atoms with van der Waals surface area (Å²) in [6, 6.07) is 3.59. The van der Waals surface area contributed by atoms with Crippen molar-refractivity contribution in [1.82, 2.24) is 0 Å². The number of hydrogen-bond acceptors (Lipinski definition) is 3. The molecule has 5 heteroatoms. The number of carbonyl (C=O) groups excluding carboxylic acids is 1. The Balaban J connectivity index is 2.54. The first-order valence-electron chi connectivity index (χ1n) is 4.86. The van der Waals surface area contributed by atoms with Crippen LogP contribution in [0.1, 0.15) is 6.92 Å². The fourth-order valence-corrected chi connectivity index (χ4v) is 2.15. The molecule has 2 rings (SSSR count). The Morgan fingerprint density at radius 1 is 1.50 bits per heavy atom. The van der Waals surface area contributed by atoms with E-state index in [9.17, 15) is 4.79 Å². The van der Waals surface area contributed by atoms with Gasteiger partial charge in [0.05, 0.1) is 17.3 Å². The van der Waals surface area contributed by atoms with Crippen molar-refractivity contribution >= 4 is 27.5 Å². The molecule has 4 nitrogen and oxygen atoms in total. The van der Waals surface area contributed by atoms with Crippen molar-refractivity contribution in [2.75, 3.05) is 19.1 Å². The predicted molar refractivity (Wildman–Crippen MR) is 64.2 cm³/mol. The maximum absolute atomic E-state index is 11.7. The van der Waals surface area contributed by atoms with Gasteiger partial charge in [-0.2, -0.15) is 0 Å². The molecule has 0 bridgehead atoms. The Bertz CT molecular complexity index is 447. The number of halogens is 1. The average molecular weight is 286 g/mol. The molecule has 0 saturated carbocycles. The van der Waals surface area contributed by atoms with Gasteiger partial charge in [-0.3, -0.25) is 4.79 Å². The van der Waals surface area contributed by atoms with E-state index in [4.69, 9.17) is 9.47 Å². The molecule has 86 valence electrons. The summed E-state index contributed by atoms with van der Waals surface area (Å²) in [5.74, 6) is 1.30. The van der Waals surface area contributed by atoms with Crippen LogP contribution >= 0.6 is 15.9 Å². The number of ether oxygens (including phenoxy) is 2. The van der Waals surface area contributed by atoms with Gasteiger partial charge in [-0.25, -0.2) is 0 Å². The second kappa shape index (κ2) is 3.97. The molecule has 1 aliphatic rings. The molecule has 0 fully saturated rings. The van der Waals surface area contributed by atoms with Crippen LogP contribution < -0.4 is 14.4 Å². The first-order chi connectivity index (χ1) is 7.54. The minimum absolute atomic E-state index is 0.0584. The molecule has 0 N–H and O–H groups in total. The quantitative estimate of drug-likeness (QED) is 0.794. The Labute approximate surface area is 102 Å². The standard InChI is InChI=1S/C11H12BrNO3/c1-6-11(14)13(2)8-5-9(15-3)7(12)4-10(8)16-6/h4-6H,1-3H3. The fraction of sp³-hybridized carbons (Fsp3) is 0.364. The molecule has 1 unspecified atom stereocenters. The van der Waals surface area contributed by atoms with Crippen LogP contribution in [0.25, 0.3) is 0 Å². The molecule has 0 saturated heterocycles. The smallest absolute Gasteiger partial charge is 0.267 e. The molecule has 1 amide bonds. The Hall–Kier alpha value is -1.23. The summed E-state index contributed by atoms with van der Waals surface area (Å²) in [4.78, 5) is 13.3. The summed E-state index contributed by atoms with van der Waals surface area (Å²) in [5.41, 5.74) is 0.725. The highest BCUT2D eigenvalue weighted by molar-refractivity contribution is 9.10.